The average Bonchev–Trinajstić information content (AvgIpc) is 3.13. The van der Waals surface area contributed by atoms with Crippen LogP contribution in [0, 0.1) is 5.82 Å². The van der Waals surface area contributed by atoms with Crippen molar-refractivity contribution in [1.82, 2.24) is 0 Å². The summed E-state index contributed by atoms with van der Waals surface area (Å²) in [5.41, 5.74) is 2.74. The minimum absolute atomic E-state index is 0.108. The molecule has 0 aliphatic heterocycles. The summed E-state index contributed by atoms with van der Waals surface area (Å²) < 4.78 is 20.0. The monoisotopic (exact) mass is 452 g/mol. The summed E-state index contributed by atoms with van der Waals surface area (Å²) in [6.07, 6.45) is 0.486. The van der Waals surface area contributed by atoms with Gasteiger partial charge in [0.05, 0.1) is 18.6 Å². The van der Waals surface area contributed by atoms with Crippen LogP contribution in [0.25, 0.3) is 28.5 Å². The Kier molecular flexibility index (Phi) is 7.51. The first-order valence-electron chi connectivity index (χ1n) is 10.8. The second-order valence-corrected chi connectivity index (χ2v) is 9.09. The number of benzene rings is 2. The lowest BCUT2D eigenvalue weighted by Crippen LogP contribution is -2.19. The van der Waals surface area contributed by atoms with Gasteiger partial charge in [0.1, 0.15) is 17.3 Å². The van der Waals surface area contributed by atoms with Crippen LogP contribution in [0.4, 0.5) is 4.39 Å². The normalized spacial score (nSPS) is 13.9. The van der Waals surface area contributed by atoms with Crippen LogP contribution in [0.3, 0.4) is 0 Å². The quantitative estimate of drug-likeness (QED) is 0.411. The molecular weight excluding hydrogens is 423 g/mol. The van der Waals surface area contributed by atoms with Gasteiger partial charge in [0.25, 0.3) is 0 Å². The van der Waals surface area contributed by atoms with E-state index in [0.717, 1.165) is 22.3 Å². The molecule has 2 aromatic carbocycles. The summed E-state index contributed by atoms with van der Waals surface area (Å²) >= 11 is 0. The van der Waals surface area contributed by atoms with Crippen molar-refractivity contribution in [1.29, 1.82) is 0 Å². The van der Waals surface area contributed by atoms with Crippen LogP contribution >= 0.6 is 0 Å². The number of rotatable bonds is 8. The largest absolute Gasteiger partial charge is 0.481 e. The molecule has 0 spiro atoms. The van der Waals surface area contributed by atoms with Gasteiger partial charge in [-0.3, -0.25) is 4.79 Å². The predicted octanol–water partition coefficient (Wildman–Crippen LogP) is 5.65. The number of hydrogen-bond donors (Lipinski definition) is 3. The third-order valence-corrected chi connectivity index (χ3v) is 5.20. The molecule has 0 saturated carbocycles. The molecule has 2 unspecified atom stereocenters. The summed E-state index contributed by atoms with van der Waals surface area (Å²) in [5.74, 6) is -0.156. The molecule has 6 heteroatoms. The first-order valence-corrected chi connectivity index (χ1v) is 10.8. The highest BCUT2D eigenvalue weighted by Crippen LogP contribution is 2.44. The highest BCUT2D eigenvalue weighted by atomic mass is 19.1. The maximum Gasteiger partial charge on any atom is 0.305 e. The molecule has 3 N–H and O–H groups in total. The van der Waals surface area contributed by atoms with Crippen LogP contribution in [0.1, 0.15) is 44.9 Å². The fourth-order valence-corrected chi connectivity index (χ4v) is 3.71. The molecule has 1 heterocycles. The second kappa shape index (κ2) is 10.1. The van der Waals surface area contributed by atoms with Crippen molar-refractivity contribution in [3.05, 3.63) is 77.8 Å². The van der Waals surface area contributed by atoms with E-state index < -0.39 is 24.6 Å². The van der Waals surface area contributed by atoms with Crippen LogP contribution in [0.15, 0.2) is 65.1 Å². The van der Waals surface area contributed by atoms with E-state index in [1.165, 1.54) is 18.2 Å². The van der Waals surface area contributed by atoms with Crippen LogP contribution in [-0.4, -0.2) is 33.5 Å². The summed E-state index contributed by atoms with van der Waals surface area (Å²) in [4.78, 5) is 10.8. The Hall–Kier alpha value is -3.22. The van der Waals surface area contributed by atoms with Gasteiger partial charge >= 0.3 is 5.97 Å². The summed E-state index contributed by atoms with van der Waals surface area (Å²) in [5, 5.41) is 29.1. The molecule has 2 atom stereocenters. The average molecular weight is 453 g/mol. The van der Waals surface area contributed by atoms with Gasteiger partial charge in [-0.1, -0.05) is 75.4 Å². The van der Waals surface area contributed by atoms with E-state index in [2.05, 4.69) is 0 Å². The third kappa shape index (κ3) is 6.18. The van der Waals surface area contributed by atoms with Crippen molar-refractivity contribution in [3.8, 4) is 22.5 Å². The lowest BCUT2D eigenvalue weighted by Gasteiger charge is -2.17. The maximum absolute atomic E-state index is 13.7. The SMILES string of the molecule is CC(C)(C)c1oc(-c2ccccc2)c(-c2ccc(F)cc2)c1C=CC(O)CC(O)CC(=O)O. The standard InChI is InChI=1S/C27H29FO5/c1-27(2,3)26-22(14-13-20(29)15-21(30)16-23(31)32)24(17-9-11-19(28)12-10-17)25(33-26)18-7-5-4-6-8-18/h4-14,20-21,29-30H,15-16H2,1-3H3,(H,31,32). The van der Waals surface area contributed by atoms with Crippen molar-refractivity contribution in [2.45, 2.75) is 51.2 Å². The summed E-state index contributed by atoms with van der Waals surface area (Å²) in [6, 6.07) is 15.7. The van der Waals surface area contributed by atoms with Gasteiger partial charge in [0, 0.05) is 28.5 Å². The molecule has 5 nitrogen and oxygen atoms in total. The summed E-state index contributed by atoms with van der Waals surface area (Å²) in [7, 11) is 0. The highest BCUT2D eigenvalue weighted by Gasteiger charge is 2.28. The molecule has 0 saturated heterocycles. The van der Waals surface area contributed by atoms with Crippen LogP contribution in [-0.2, 0) is 10.2 Å². The van der Waals surface area contributed by atoms with E-state index >= 15 is 0 Å². The second-order valence-electron chi connectivity index (χ2n) is 9.09. The van der Waals surface area contributed by atoms with Gasteiger partial charge in [-0.25, -0.2) is 4.39 Å². The van der Waals surface area contributed by atoms with Crippen LogP contribution in [0.5, 0.6) is 0 Å². The molecule has 3 rings (SSSR count). The molecule has 1 aromatic heterocycles. The van der Waals surface area contributed by atoms with E-state index in [1.807, 2.05) is 51.1 Å². The number of carboxylic acid groups (broad SMARTS) is 1. The maximum atomic E-state index is 13.7. The minimum atomic E-state index is -1.16. The third-order valence-electron chi connectivity index (χ3n) is 5.20. The predicted molar refractivity (Wildman–Crippen MR) is 126 cm³/mol. The molecule has 0 aliphatic rings. The number of aliphatic hydroxyl groups is 2. The number of aliphatic hydroxyl groups excluding tert-OH is 2. The van der Waals surface area contributed by atoms with Gasteiger partial charge < -0.3 is 19.7 Å². The molecular formula is C27H29FO5. The number of furan rings is 1. The van der Waals surface area contributed by atoms with Crippen molar-refractivity contribution >= 4 is 12.0 Å². The Balaban J connectivity index is 2.13. The molecule has 174 valence electrons. The van der Waals surface area contributed by atoms with Crippen molar-refractivity contribution < 1.29 is 28.9 Å². The Labute approximate surface area is 192 Å². The number of carboxylic acids is 1. The van der Waals surface area contributed by atoms with E-state index in [0.29, 0.717) is 11.5 Å². The fraction of sp³-hybridized carbons (Fsp3) is 0.296. The zero-order valence-electron chi connectivity index (χ0n) is 19.0. The summed E-state index contributed by atoms with van der Waals surface area (Å²) in [6.45, 7) is 6.04. The topological polar surface area (TPSA) is 90.9 Å². The Morgan fingerprint density at radius 1 is 1.03 bits per heavy atom. The van der Waals surface area contributed by atoms with Crippen molar-refractivity contribution in [3.63, 3.8) is 0 Å². The smallest absolute Gasteiger partial charge is 0.305 e. The van der Waals surface area contributed by atoms with Gasteiger partial charge in [-0.05, 0) is 17.7 Å². The molecule has 3 aromatic rings. The first kappa shape index (κ1) is 24.4. The van der Waals surface area contributed by atoms with Crippen LogP contribution in [0.2, 0.25) is 0 Å². The molecule has 0 fully saturated rings. The Morgan fingerprint density at radius 2 is 1.67 bits per heavy atom. The van der Waals surface area contributed by atoms with Gasteiger partial charge in [-0.15, -0.1) is 0 Å². The van der Waals surface area contributed by atoms with E-state index in [1.54, 1.807) is 18.2 Å². The lowest BCUT2D eigenvalue weighted by molar-refractivity contribution is -0.139. The Bertz CT molecular complexity index is 1110. The zero-order chi connectivity index (χ0) is 24.2. The molecule has 0 amide bonds. The molecule has 0 radical (unpaired) electrons. The van der Waals surface area contributed by atoms with Gasteiger partial charge in [-0.2, -0.15) is 0 Å². The van der Waals surface area contributed by atoms with E-state index in [-0.39, 0.29) is 17.7 Å². The lowest BCUT2D eigenvalue weighted by atomic mass is 9.87. The van der Waals surface area contributed by atoms with Gasteiger partial charge in [0.2, 0.25) is 0 Å². The van der Waals surface area contributed by atoms with Crippen molar-refractivity contribution in [2.75, 3.05) is 0 Å². The van der Waals surface area contributed by atoms with Gasteiger partial charge in [0.15, 0.2) is 0 Å². The Morgan fingerprint density at radius 3 is 2.24 bits per heavy atom. The highest BCUT2D eigenvalue weighted by molar-refractivity contribution is 5.88. The van der Waals surface area contributed by atoms with Crippen LogP contribution < -0.4 is 0 Å². The number of hydrogen-bond acceptors (Lipinski definition) is 4. The number of carbonyl (C=O) groups is 1. The molecule has 0 bridgehead atoms. The zero-order valence-corrected chi connectivity index (χ0v) is 19.0. The van der Waals surface area contributed by atoms with E-state index in [9.17, 15) is 19.4 Å². The minimum Gasteiger partial charge on any atom is -0.481 e. The number of aliphatic carboxylic acids is 1. The molecule has 33 heavy (non-hydrogen) atoms. The first-order chi connectivity index (χ1) is 15.6. The number of halogens is 1. The van der Waals surface area contributed by atoms with Crippen molar-refractivity contribution in [2.24, 2.45) is 0 Å². The van der Waals surface area contributed by atoms with E-state index in [4.69, 9.17) is 9.52 Å². The molecule has 0 aliphatic carbocycles. The fourth-order valence-electron chi connectivity index (χ4n) is 3.71.